The number of amides is 2. The molecule has 30 heavy (non-hydrogen) atoms. The Labute approximate surface area is 176 Å². The minimum atomic E-state index is -0.877. The van der Waals surface area contributed by atoms with Gasteiger partial charge in [0.25, 0.3) is 0 Å². The van der Waals surface area contributed by atoms with Gasteiger partial charge in [0.05, 0.1) is 24.0 Å². The molecule has 1 saturated heterocycles. The molecule has 6 atom stereocenters. The van der Waals surface area contributed by atoms with Crippen molar-refractivity contribution in [2.24, 2.45) is 16.8 Å². The van der Waals surface area contributed by atoms with Gasteiger partial charge in [-0.1, -0.05) is 0 Å². The number of carbonyl (C=O) groups excluding carboxylic acids is 1. The lowest BCUT2D eigenvalue weighted by Gasteiger charge is -2.41. The molecule has 12 heteroatoms. The summed E-state index contributed by atoms with van der Waals surface area (Å²) in [6.45, 7) is 1.68. The molecular weight excluding hydrogens is 396 g/mol. The first-order chi connectivity index (χ1) is 14.5. The zero-order valence-electron chi connectivity index (χ0n) is 17.3. The summed E-state index contributed by atoms with van der Waals surface area (Å²) in [6, 6.07) is -1.57. The predicted molar refractivity (Wildman–Crippen MR) is 109 cm³/mol. The molecule has 2 rings (SSSR count). The molecule has 2 amide bonds. The number of hydrogen-bond donors (Lipinski definition) is 6. The van der Waals surface area contributed by atoms with Crippen molar-refractivity contribution in [3.05, 3.63) is 4.91 Å². The number of ether oxygens (including phenoxy) is 2. The standard InChI is InChI=1S/C18H36N6O6/c19-5-7-24(23-28)18(27)22-12-9-14(20)17(15(26)10-12)30-16-4-1-3-13(29-16)11-21-6-2-8-25/h12-17,21,25-26H,1-11,19-20H2,(H,22,27)/t12?,13?,14?,15?,16-,17-/m1/s1. The molecule has 1 aliphatic heterocycles. The lowest BCUT2D eigenvalue weighted by atomic mass is 9.86. The van der Waals surface area contributed by atoms with Crippen LogP contribution >= 0.6 is 0 Å². The average molecular weight is 433 g/mol. The van der Waals surface area contributed by atoms with E-state index in [2.05, 4.69) is 15.9 Å². The van der Waals surface area contributed by atoms with Crippen LogP contribution in [0.4, 0.5) is 4.79 Å². The third-order valence-corrected chi connectivity index (χ3v) is 5.39. The number of nitroso groups, excluding NO2 is 1. The summed E-state index contributed by atoms with van der Waals surface area (Å²) in [6.07, 6.45) is 2.01. The fraction of sp³-hybridized carbons (Fsp3) is 0.944. The van der Waals surface area contributed by atoms with Gasteiger partial charge in [-0.2, -0.15) is 5.01 Å². The summed E-state index contributed by atoms with van der Waals surface area (Å²) in [7, 11) is 0. The zero-order valence-corrected chi connectivity index (χ0v) is 17.3. The van der Waals surface area contributed by atoms with Gasteiger partial charge in [-0.15, -0.1) is 4.91 Å². The number of hydrogen-bond acceptors (Lipinski definition) is 10. The van der Waals surface area contributed by atoms with Crippen molar-refractivity contribution in [3.8, 4) is 0 Å². The molecule has 2 fully saturated rings. The number of nitrogens with zero attached hydrogens (tertiary/aromatic N) is 2. The van der Waals surface area contributed by atoms with E-state index < -0.39 is 36.6 Å². The molecule has 0 aromatic heterocycles. The number of aliphatic hydroxyl groups is 2. The molecule has 0 spiro atoms. The van der Waals surface area contributed by atoms with Gasteiger partial charge in [-0.05, 0) is 45.1 Å². The third kappa shape index (κ3) is 7.69. The molecule has 1 aliphatic carbocycles. The van der Waals surface area contributed by atoms with E-state index in [1.165, 1.54) is 0 Å². The molecule has 0 radical (unpaired) electrons. The van der Waals surface area contributed by atoms with Gasteiger partial charge in [0.1, 0.15) is 6.10 Å². The highest BCUT2D eigenvalue weighted by molar-refractivity contribution is 5.74. The number of nitrogens with one attached hydrogen (secondary N) is 2. The maximum absolute atomic E-state index is 12.1. The third-order valence-electron chi connectivity index (χ3n) is 5.39. The highest BCUT2D eigenvalue weighted by Gasteiger charge is 2.39. The van der Waals surface area contributed by atoms with E-state index in [1.54, 1.807) is 0 Å². The first-order valence-corrected chi connectivity index (χ1v) is 10.7. The molecule has 12 nitrogen and oxygen atoms in total. The largest absolute Gasteiger partial charge is 0.396 e. The summed E-state index contributed by atoms with van der Waals surface area (Å²) < 4.78 is 12.0. The van der Waals surface area contributed by atoms with Crippen LogP contribution in [0.15, 0.2) is 5.29 Å². The monoisotopic (exact) mass is 432 g/mol. The lowest BCUT2D eigenvalue weighted by Crippen LogP contribution is -2.58. The minimum Gasteiger partial charge on any atom is -0.396 e. The van der Waals surface area contributed by atoms with Gasteiger partial charge in [0.2, 0.25) is 0 Å². The van der Waals surface area contributed by atoms with Crippen molar-refractivity contribution in [1.82, 2.24) is 15.6 Å². The molecule has 0 aromatic carbocycles. The van der Waals surface area contributed by atoms with Crippen molar-refractivity contribution in [2.75, 3.05) is 32.8 Å². The fourth-order valence-corrected chi connectivity index (χ4v) is 3.89. The van der Waals surface area contributed by atoms with E-state index in [0.29, 0.717) is 24.4 Å². The van der Waals surface area contributed by atoms with E-state index in [4.69, 9.17) is 26.0 Å². The Morgan fingerprint density at radius 3 is 2.80 bits per heavy atom. The molecular formula is C18H36N6O6. The van der Waals surface area contributed by atoms with Crippen LogP contribution in [0.5, 0.6) is 0 Å². The van der Waals surface area contributed by atoms with Gasteiger partial charge in [0, 0.05) is 31.8 Å². The van der Waals surface area contributed by atoms with Crippen LogP contribution in [-0.4, -0.2) is 90.7 Å². The maximum Gasteiger partial charge on any atom is 0.340 e. The Morgan fingerprint density at radius 1 is 1.33 bits per heavy atom. The first-order valence-electron chi connectivity index (χ1n) is 10.7. The van der Waals surface area contributed by atoms with Crippen LogP contribution < -0.4 is 22.1 Å². The minimum absolute atomic E-state index is 0.0100. The number of rotatable bonds is 11. The van der Waals surface area contributed by atoms with Crippen LogP contribution in [-0.2, 0) is 9.47 Å². The summed E-state index contributed by atoms with van der Waals surface area (Å²) in [4.78, 5) is 22.8. The normalized spacial score (nSPS) is 31.9. The Bertz CT molecular complexity index is 517. The molecule has 0 bridgehead atoms. The van der Waals surface area contributed by atoms with Gasteiger partial charge in [0.15, 0.2) is 6.29 Å². The molecule has 0 aromatic rings. The van der Waals surface area contributed by atoms with E-state index in [-0.39, 0.29) is 32.2 Å². The number of aliphatic hydroxyl groups excluding tert-OH is 2. The quantitative estimate of drug-likeness (QED) is 0.132. The highest BCUT2D eigenvalue weighted by atomic mass is 16.7. The number of nitrogens with two attached hydrogens (primary N) is 2. The molecule has 8 N–H and O–H groups in total. The highest BCUT2D eigenvalue weighted by Crippen LogP contribution is 2.27. The lowest BCUT2D eigenvalue weighted by molar-refractivity contribution is -0.237. The molecule has 1 saturated carbocycles. The Morgan fingerprint density at radius 2 is 2.13 bits per heavy atom. The van der Waals surface area contributed by atoms with E-state index in [0.717, 1.165) is 25.8 Å². The van der Waals surface area contributed by atoms with Crippen LogP contribution in [0.1, 0.15) is 38.5 Å². The van der Waals surface area contributed by atoms with Crippen molar-refractivity contribution in [2.45, 2.75) is 75.2 Å². The second-order valence-corrected chi connectivity index (χ2v) is 7.84. The predicted octanol–water partition coefficient (Wildman–Crippen LogP) is -1.26. The summed E-state index contributed by atoms with van der Waals surface area (Å²) in [5, 5.41) is 28.7. The van der Waals surface area contributed by atoms with Crippen molar-refractivity contribution < 1.29 is 24.5 Å². The van der Waals surface area contributed by atoms with Gasteiger partial charge < -0.3 is 41.8 Å². The number of carbonyl (C=O) groups is 1. The second kappa shape index (κ2) is 13.1. The average Bonchev–Trinajstić information content (AvgIpc) is 2.72. The smallest absolute Gasteiger partial charge is 0.340 e. The Kier molecular flexibility index (Phi) is 10.9. The second-order valence-electron chi connectivity index (χ2n) is 7.84. The molecule has 1 heterocycles. The maximum atomic E-state index is 12.1. The summed E-state index contributed by atoms with van der Waals surface area (Å²) in [5.74, 6) is 0. The van der Waals surface area contributed by atoms with Gasteiger partial charge in [-0.25, -0.2) is 4.79 Å². The van der Waals surface area contributed by atoms with Gasteiger partial charge in [-0.3, -0.25) is 0 Å². The van der Waals surface area contributed by atoms with Crippen LogP contribution in [0, 0.1) is 4.91 Å². The van der Waals surface area contributed by atoms with Crippen LogP contribution in [0.25, 0.3) is 0 Å². The van der Waals surface area contributed by atoms with E-state index >= 15 is 0 Å². The van der Waals surface area contributed by atoms with Crippen molar-refractivity contribution >= 4 is 6.03 Å². The zero-order chi connectivity index (χ0) is 21.9. The van der Waals surface area contributed by atoms with Crippen molar-refractivity contribution in [3.63, 3.8) is 0 Å². The van der Waals surface area contributed by atoms with Gasteiger partial charge >= 0.3 is 6.03 Å². The first kappa shape index (κ1) is 24.9. The van der Waals surface area contributed by atoms with Crippen LogP contribution in [0.2, 0.25) is 0 Å². The Balaban J connectivity index is 1.80. The molecule has 4 unspecified atom stereocenters. The number of urea groups is 1. The van der Waals surface area contributed by atoms with E-state index in [1.807, 2.05) is 0 Å². The fourth-order valence-electron chi connectivity index (χ4n) is 3.89. The SMILES string of the molecule is NCCN(N=O)C(=O)NC1CC(N)[C@@H](O[C@@H]2CCCC(CNCCCO)O2)C(O)C1. The van der Waals surface area contributed by atoms with Crippen LogP contribution in [0.3, 0.4) is 0 Å². The van der Waals surface area contributed by atoms with E-state index in [9.17, 15) is 14.8 Å². The summed E-state index contributed by atoms with van der Waals surface area (Å²) in [5.41, 5.74) is 11.6. The Hall–Kier alpha value is -1.41. The molecule has 174 valence electrons. The van der Waals surface area contributed by atoms with Crippen molar-refractivity contribution in [1.29, 1.82) is 0 Å². The summed E-state index contributed by atoms with van der Waals surface area (Å²) >= 11 is 0. The topological polar surface area (TPSA) is 185 Å². The molecule has 2 aliphatic rings.